The molecule has 1 amide bonds. The van der Waals surface area contributed by atoms with Crippen LogP contribution in [0, 0.1) is 5.82 Å². The van der Waals surface area contributed by atoms with Gasteiger partial charge in [0.1, 0.15) is 23.1 Å². The van der Waals surface area contributed by atoms with Crippen LogP contribution in [0.4, 0.5) is 10.1 Å². The maximum Gasteiger partial charge on any atom is 0.227 e. The first-order valence-corrected chi connectivity index (χ1v) is 11.4. The van der Waals surface area contributed by atoms with Crippen molar-refractivity contribution in [3.63, 3.8) is 0 Å². The van der Waals surface area contributed by atoms with E-state index >= 15 is 0 Å². The number of imidazole rings is 1. The Morgan fingerprint density at radius 1 is 1.03 bits per heavy atom. The number of hydrogen-bond acceptors (Lipinski definition) is 4. The number of hydrogen-bond donors (Lipinski definition) is 0. The first kappa shape index (κ1) is 21.9. The number of benzene rings is 3. The number of para-hydroxylation sites is 2. The highest BCUT2D eigenvalue weighted by molar-refractivity contribution is 5.96. The molecule has 1 saturated heterocycles. The summed E-state index contributed by atoms with van der Waals surface area (Å²) in [5.74, 6) is 2.04. The zero-order valence-electron chi connectivity index (χ0n) is 19.0. The molecule has 2 heterocycles. The highest BCUT2D eigenvalue weighted by atomic mass is 19.1. The lowest BCUT2D eigenvalue weighted by Crippen LogP contribution is -2.24. The number of aryl methyl sites for hydroxylation is 1. The van der Waals surface area contributed by atoms with E-state index in [0.717, 1.165) is 41.3 Å². The number of carbonyl (C=O) groups is 1. The molecule has 1 atom stereocenters. The summed E-state index contributed by atoms with van der Waals surface area (Å²) in [6.07, 6.45) is 1.13. The molecule has 6 nitrogen and oxygen atoms in total. The summed E-state index contributed by atoms with van der Waals surface area (Å²) in [5.41, 5.74) is 2.53. The lowest BCUT2D eigenvalue weighted by atomic mass is 10.1. The fourth-order valence-electron chi connectivity index (χ4n) is 4.50. The summed E-state index contributed by atoms with van der Waals surface area (Å²) in [7, 11) is 1.64. The van der Waals surface area contributed by atoms with Gasteiger partial charge in [0.05, 0.1) is 24.8 Å². The minimum Gasteiger partial charge on any atom is -0.497 e. The van der Waals surface area contributed by atoms with Gasteiger partial charge < -0.3 is 18.9 Å². The van der Waals surface area contributed by atoms with Gasteiger partial charge in [-0.1, -0.05) is 18.2 Å². The largest absolute Gasteiger partial charge is 0.497 e. The molecule has 1 aliphatic rings. The lowest BCUT2D eigenvalue weighted by molar-refractivity contribution is -0.117. The van der Waals surface area contributed by atoms with Gasteiger partial charge in [-0.3, -0.25) is 4.79 Å². The highest BCUT2D eigenvalue weighted by Gasteiger charge is 2.34. The Balaban J connectivity index is 1.32. The minimum atomic E-state index is -0.349. The van der Waals surface area contributed by atoms with Crippen LogP contribution in [0.2, 0.25) is 0 Å². The van der Waals surface area contributed by atoms with Crippen LogP contribution < -0.4 is 14.4 Å². The first-order chi connectivity index (χ1) is 16.6. The Morgan fingerprint density at radius 3 is 2.62 bits per heavy atom. The number of aromatic nitrogens is 2. The Labute approximate surface area is 197 Å². The second-order valence-corrected chi connectivity index (χ2v) is 8.37. The number of methoxy groups -OCH3 is 1. The molecule has 1 fully saturated rings. The molecule has 0 spiro atoms. The molecule has 1 aliphatic heterocycles. The SMILES string of the molecule is COc1ccc(OCCCn2c(C3CC(=O)N(c4cccc(F)c4)C3)nc3ccccc32)cc1. The molecule has 0 radical (unpaired) electrons. The first-order valence-electron chi connectivity index (χ1n) is 11.4. The molecule has 0 saturated carbocycles. The van der Waals surface area contributed by atoms with Crippen molar-refractivity contribution in [2.45, 2.75) is 25.3 Å². The molecule has 0 bridgehead atoms. The third kappa shape index (κ3) is 4.46. The molecule has 1 unspecified atom stereocenters. The van der Waals surface area contributed by atoms with Crippen molar-refractivity contribution in [1.82, 2.24) is 9.55 Å². The van der Waals surface area contributed by atoms with Gasteiger partial charge in [-0.25, -0.2) is 9.37 Å². The van der Waals surface area contributed by atoms with Gasteiger partial charge in [0.15, 0.2) is 0 Å². The van der Waals surface area contributed by atoms with E-state index in [2.05, 4.69) is 10.6 Å². The second-order valence-electron chi connectivity index (χ2n) is 8.37. The summed E-state index contributed by atoms with van der Waals surface area (Å²) >= 11 is 0. The smallest absolute Gasteiger partial charge is 0.227 e. The van der Waals surface area contributed by atoms with Gasteiger partial charge in [-0.05, 0) is 61.0 Å². The number of halogens is 1. The third-order valence-electron chi connectivity index (χ3n) is 6.15. The maximum absolute atomic E-state index is 13.7. The van der Waals surface area contributed by atoms with Crippen LogP contribution in [0.1, 0.15) is 24.6 Å². The zero-order valence-corrected chi connectivity index (χ0v) is 19.0. The molecular formula is C27H26FN3O3. The Hall–Kier alpha value is -3.87. The number of ether oxygens (including phenoxy) is 2. The molecule has 0 aliphatic carbocycles. The standard InChI is InChI=1S/C27H26FN3O3/c1-33-22-10-12-23(13-11-22)34-15-5-14-30-25-9-3-2-8-24(25)29-27(30)19-16-26(32)31(18-19)21-7-4-6-20(28)17-21/h2-4,6-13,17,19H,5,14-16,18H2,1H3. The Bertz CT molecular complexity index is 1300. The number of amides is 1. The van der Waals surface area contributed by atoms with Crippen molar-refractivity contribution in [2.75, 3.05) is 25.2 Å². The molecule has 7 heteroatoms. The van der Waals surface area contributed by atoms with Crippen molar-refractivity contribution in [3.8, 4) is 11.5 Å². The molecular weight excluding hydrogens is 433 g/mol. The molecule has 4 aromatic rings. The van der Waals surface area contributed by atoms with Crippen LogP contribution in [0.3, 0.4) is 0 Å². The lowest BCUT2D eigenvalue weighted by Gasteiger charge is -2.17. The maximum atomic E-state index is 13.7. The predicted molar refractivity (Wildman–Crippen MR) is 129 cm³/mol. The zero-order chi connectivity index (χ0) is 23.5. The van der Waals surface area contributed by atoms with Crippen molar-refractivity contribution in [3.05, 3.63) is 84.4 Å². The number of carbonyl (C=O) groups excluding carboxylic acids is 1. The summed E-state index contributed by atoms with van der Waals surface area (Å²) < 4.78 is 27.0. The van der Waals surface area contributed by atoms with E-state index in [1.54, 1.807) is 24.1 Å². The van der Waals surface area contributed by atoms with Crippen LogP contribution in [0.15, 0.2) is 72.8 Å². The third-order valence-corrected chi connectivity index (χ3v) is 6.15. The molecule has 5 rings (SSSR count). The van der Waals surface area contributed by atoms with Crippen molar-refractivity contribution >= 4 is 22.6 Å². The topological polar surface area (TPSA) is 56.6 Å². The fourth-order valence-corrected chi connectivity index (χ4v) is 4.50. The van der Waals surface area contributed by atoms with E-state index in [9.17, 15) is 9.18 Å². The van der Waals surface area contributed by atoms with Crippen LogP contribution in [0.25, 0.3) is 11.0 Å². The van der Waals surface area contributed by atoms with Crippen LogP contribution in [-0.4, -0.2) is 35.7 Å². The van der Waals surface area contributed by atoms with Crippen LogP contribution in [0.5, 0.6) is 11.5 Å². The minimum absolute atomic E-state index is 0.0166. The van der Waals surface area contributed by atoms with Gasteiger partial charge in [0, 0.05) is 31.1 Å². The summed E-state index contributed by atoms with van der Waals surface area (Å²) in [4.78, 5) is 19.3. The van der Waals surface area contributed by atoms with Crippen molar-refractivity contribution in [2.24, 2.45) is 0 Å². The van der Waals surface area contributed by atoms with Crippen LogP contribution in [-0.2, 0) is 11.3 Å². The summed E-state index contributed by atoms with van der Waals surface area (Å²) in [6, 6.07) is 21.7. The van der Waals surface area contributed by atoms with Crippen molar-refractivity contribution in [1.29, 1.82) is 0 Å². The van der Waals surface area contributed by atoms with E-state index in [1.807, 2.05) is 42.5 Å². The molecule has 174 valence electrons. The molecule has 3 aromatic carbocycles. The Morgan fingerprint density at radius 2 is 1.82 bits per heavy atom. The number of nitrogens with zero attached hydrogens (tertiary/aromatic N) is 3. The molecule has 0 N–H and O–H groups in total. The van der Waals surface area contributed by atoms with Crippen LogP contribution >= 0.6 is 0 Å². The molecule has 1 aromatic heterocycles. The number of fused-ring (bicyclic) bond motifs is 1. The number of anilines is 1. The van der Waals surface area contributed by atoms with Gasteiger partial charge in [-0.15, -0.1) is 0 Å². The van der Waals surface area contributed by atoms with E-state index in [1.165, 1.54) is 12.1 Å². The average Bonchev–Trinajstić information content (AvgIpc) is 3.42. The number of rotatable bonds is 8. The molecule has 34 heavy (non-hydrogen) atoms. The van der Waals surface area contributed by atoms with E-state index < -0.39 is 0 Å². The predicted octanol–water partition coefficient (Wildman–Crippen LogP) is 5.17. The Kier molecular flexibility index (Phi) is 6.16. The van der Waals surface area contributed by atoms with E-state index in [4.69, 9.17) is 14.5 Å². The van der Waals surface area contributed by atoms with Crippen molar-refractivity contribution < 1.29 is 18.7 Å². The second kappa shape index (κ2) is 9.55. The van der Waals surface area contributed by atoms with Gasteiger partial charge in [0.25, 0.3) is 0 Å². The fraction of sp³-hybridized carbons (Fsp3) is 0.259. The highest BCUT2D eigenvalue weighted by Crippen LogP contribution is 2.33. The monoisotopic (exact) mass is 459 g/mol. The van der Waals surface area contributed by atoms with E-state index in [-0.39, 0.29) is 17.6 Å². The average molecular weight is 460 g/mol. The summed E-state index contributed by atoms with van der Waals surface area (Å²) in [6.45, 7) is 1.75. The van der Waals surface area contributed by atoms with Gasteiger partial charge >= 0.3 is 0 Å². The van der Waals surface area contributed by atoms with E-state index in [0.29, 0.717) is 25.3 Å². The van der Waals surface area contributed by atoms with Gasteiger partial charge in [-0.2, -0.15) is 0 Å². The van der Waals surface area contributed by atoms with Gasteiger partial charge in [0.2, 0.25) is 5.91 Å². The quantitative estimate of drug-likeness (QED) is 0.341. The normalized spacial score (nSPS) is 15.8. The summed E-state index contributed by atoms with van der Waals surface area (Å²) in [5, 5.41) is 0.